The summed E-state index contributed by atoms with van der Waals surface area (Å²) in [6.07, 6.45) is 1.59. The van der Waals surface area contributed by atoms with Crippen LogP contribution in [-0.2, 0) is 5.75 Å². The standard InChI is InChI=1S/C20H16FN3O2S/c1-25-17-10-5-4-9-16(17)24-19(18-11-6-12-26-18)22-23-20(24)27-13-14-7-2-3-8-15(14)21/h2-12H,13H2,1H3. The molecular formula is C20H16FN3O2S. The Morgan fingerprint density at radius 3 is 2.63 bits per heavy atom. The minimum atomic E-state index is -0.236. The van der Waals surface area contributed by atoms with E-state index in [9.17, 15) is 4.39 Å². The van der Waals surface area contributed by atoms with Crippen molar-refractivity contribution in [3.05, 3.63) is 78.3 Å². The second kappa shape index (κ2) is 7.67. The fourth-order valence-electron chi connectivity index (χ4n) is 2.72. The lowest BCUT2D eigenvalue weighted by molar-refractivity contribution is 0.412. The van der Waals surface area contributed by atoms with Gasteiger partial charge >= 0.3 is 0 Å². The van der Waals surface area contributed by atoms with Gasteiger partial charge in [0.25, 0.3) is 0 Å². The Morgan fingerprint density at radius 2 is 1.85 bits per heavy atom. The van der Waals surface area contributed by atoms with Crippen molar-refractivity contribution in [2.24, 2.45) is 0 Å². The summed E-state index contributed by atoms with van der Waals surface area (Å²) in [6.45, 7) is 0. The lowest BCUT2D eigenvalue weighted by atomic mass is 10.2. The number of rotatable bonds is 6. The van der Waals surface area contributed by atoms with Crippen LogP contribution in [0.5, 0.6) is 5.75 Å². The van der Waals surface area contributed by atoms with Crippen molar-refractivity contribution in [1.82, 2.24) is 14.8 Å². The Kier molecular flexibility index (Phi) is 4.93. The lowest BCUT2D eigenvalue weighted by Gasteiger charge is -2.13. The molecule has 5 nitrogen and oxygen atoms in total. The molecule has 2 aromatic carbocycles. The first-order valence-corrected chi connectivity index (χ1v) is 9.25. The second-order valence-electron chi connectivity index (χ2n) is 5.67. The van der Waals surface area contributed by atoms with Gasteiger partial charge in [-0.05, 0) is 35.9 Å². The van der Waals surface area contributed by atoms with E-state index in [0.717, 1.165) is 5.69 Å². The topological polar surface area (TPSA) is 53.1 Å². The van der Waals surface area contributed by atoms with Crippen molar-refractivity contribution in [3.8, 4) is 23.0 Å². The van der Waals surface area contributed by atoms with Gasteiger partial charge in [-0.2, -0.15) is 0 Å². The van der Waals surface area contributed by atoms with E-state index in [1.165, 1.54) is 17.8 Å². The van der Waals surface area contributed by atoms with E-state index in [0.29, 0.717) is 33.8 Å². The van der Waals surface area contributed by atoms with E-state index in [4.69, 9.17) is 9.15 Å². The number of furan rings is 1. The normalized spacial score (nSPS) is 10.9. The first kappa shape index (κ1) is 17.4. The molecule has 0 aliphatic rings. The Balaban J connectivity index is 1.77. The minimum absolute atomic E-state index is 0.236. The highest BCUT2D eigenvalue weighted by atomic mass is 32.2. The number of benzene rings is 2. The maximum atomic E-state index is 14.0. The molecule has 0 aliphatic heterocycles. The molecule has 27 heavy (non-hydrogen) atoms. The molecule has 4 rings (SSSR count). The van der Waals surface area contributed by atoms with E-state index in [1.807, 2.05) is 41.0 Å². The zero-order valence-electron chi connectivity index (χ0n) is 14.5. The molecule has 0 radical (unpaired) electrons. The summed E-state index contributed by atoms with van der Waals surface area (Å²) in [5.41, 5.74) is 1.39. The van der Waals surface area contributed by atoms with Crippen molar-refractivity contribution in [3.63, 3.8) is 0 Å². The van der Waals surface area contributed by atoms with Crippen molar-refractivity contribution in [1.29, 1.82) is 0 Å². The molecule has 0 atom stereocenters. The molecule has 4 aromatic rings. The fourth-order valence-corrected chi connectivity index (χ4v) is 3.65. The summed E-state index contributed by atoms with van der Waals surface area (Å²) >= 11 is 1.40. The van der Waals surface area contributed by atoms with Gasteiger partial charge in [-0.3, -0.25) is 4.57 Å². The van der Waals surface area contributed by atoms with Gasteiger partial charge in [-0.25, -0.2) is 4.39 Å². The van der Waals surface area contributed by atoms with E-state index in [2.05, 4.69) is 10.2 Å². The summed E-state index contributed by atoms with van der Waals surface area (Å²) in [5, 5.41) is 9.22. The summed E-state index contributed by atoms with van der Waals surface area (Å²) in [5.74, 6) is 2.02. The zero-order chi connectivity index (χ0) is 18.6. The number of nitrogens with zero attached hydrogens (tertiary/aromatic N) is 3. The third-order valence-electron chi connectivity index (χ3n) is 4.02. The summed E-state index contributed by atoms with van der Waals surface area (Å²) in [7, 11) is 1.61. The monoisotopic (exact) mass is 381 g/mol. The van der Waals surface area contributed by atoms with Crippen LogP contribution in [0.2, 0.25) is 0 Å². The Hall–Kier alpha value is -3.06. The van der Waals surface area contributed by atoms with E-state index < -0.39 is 0 Å². The first-order valence-electron chi connectivity index (χ1n) is 8.27. The molecule has 0 aliphatic carbocycles. The SMILES string of the molecule is COc1ccccc1-n1c(SCc2ccccc2F)nnc1-c1ccco1. The predicted octanol–water partition coefficient (Wildman–Crippen LogP) is 4.97. The molecule has 0 fully saturated rings. The van der Waals surface area contributed by atoms with Gasteiger partial charge in [0.1, 0.15) is 11.6 Å². The van der Waals surface area contributed by atoms with Gasteiger partial charge in [-0.1, -0.05) is 42.1 Å². The Labute approximate surface area is 159 Å². The molecule has 7 heteroatoms. The second-order valence-corrected chi connectivity index (χ2v) is 6.61. The largest absolute Gasteiger partial charge is 0.495 e. The fraction of sp³-hybridized carbons (Fsp3) is 0.100. The Bertz CT molecular complexity index is 1050. The van der Waals surface area contributed by atoms with Crippen LogP contribution in [0.15, 0.2) is 76.5 Å². The molecule has 0 spiro atoms. The maximum absolute atomic E-state index is 14.0. The third kappa shape index (κ3) is 3.46. The number of para-hydroxylation sites is 2. The summed E-state index contributed by atoms with van der Waals surface area (Å²) in [4.78, 5) is 0. The predicted molar refractivity (Wildman–Crippen MR) is 102 cm³/mol. The number of ether oxygens (including phenoxy) is 1. The molecule has 0 N–H and O–H groups in total. The van der Waals surface area contributed by atoms with Crippen LogP contribution < -0.4 is 4.74 Å². The molecule has 2 heterocycles. The molecule has 0 saturated carbocycles. The van der Waals surface area contributed by atoms with Crippen LogP contribution in [0, 0.1) is 5.82 Å². The van der Waals surface area contributed by atoms with Crippen LogP contribution in [0.4, 0.5) is 4.39 Å². The summed E-state index contributed by atoms with van der Waals surface area (Å²) in [6, 6.07) is 17.9. The smallest absolute Gasteiger partial charge is 0.205 e. The zero-order valence-corrected chi connectivity index (χ0v) is 15.3. The van der Waals surface area contributed by atoms with Crippen LogP contribution in [0.25, 0.3) is 17.3 Å². The third-order valence-corrected chi connectivity index (χ3v) is 4.99. The highest BCUT2D eigenvalue weighted by Gasteiger charge is 2.20. The maximum Gasteiger partial charge on any atom is 0.205 e. The Morgan fingerprint density at radius 1 is 1.04 bits per heavy atom. The minimum Gasteiger partial charge on any atom is -0.495 e. The van der Waals surface area contributed by atoms with E-state index in [-0.39, 0.29) is 5.82 Å². The van der Waals surface area contributed by atoms with Gasteiger partial charge in [0, 0.05) is 5.75 Å². The first-order chi connectivity index (χ1) is 13.3. The number of methoxy groups -OCH3 is 1. The van der Waals surface area contributed by atoms with Gasteiger partial charge in [0.2, 0.25) is 5.82 Å². The average Bonchev–Trinajstić information content (AvgIpc) is 3.37. The van der Waals surface area contributed by atoms with E-state index >= 15 is 0 Å². The molecular weight excluding hydrogens is 365 g/mol. The molecule has 0 bridgehead atoms. The number of halogens is 1. The van der Waals surface area contributed by atoms with Crippen LogP contribution in [0.3, 0.4) is 0 Å². The van der Waals surface area contributed by atoms with Crippen LogP contribution in [0.1, 0.15) is 5.56 Å². The van der Waals surface area contributed by atoms with Crippen molar-refractivity contribution in [2.45, 2.75) is 10.9 Å². The van der Waals surface area contributed by atoms with Gasteiger partial charge in [0.05, 0.1) is 19.1 Å². The van der Waals surface area contributed by atoms with Gasteiger partial charge in [-0.15, -0.1) is 10.2 Å². The number of hydrogen-bond acceptors (Lipinski definition) is 5. The average molecular weight is 381 g/mol. The number of thioether (sulfide) groups is 1. The van der Waals surface area contributed by atoms with Crippen molar-refractivity contribution in [2.75, 3.05) is 7.11 Å². The molecule has 0 amide bonds. The molecule has 136 valence electrons. The lowest BCUT2D eigenvalue weighted by Crippen LogP contribution is -2.02. The van der Waals surface area contributed by atoms with Crippen LogP contribution >= 0.6 is 11.8 Å². The highest BCUT2D eigenvalue weighted by Crippen LogP contribution is 2.33. The van der Waals surface area contributed by atoms with Gasteiger partial charge < -0.3 is 9.15 Å². The number of hydrogen-bond donors (Lipinski definition) is 0. The molecule has 0 saturated heterocycles. The van der Waals surface area contributed by atoms with Gasteiger partial charge in [0.15, 0.2) is 10.9 Å². The van der Waals surface area contributed by atoms with Crippen molar-refractivity contribution >= 4 is 11.8 Å². The summed E-state index contributed by atoms with van der Waals surface area (Å²) < 4.78 is 26.9. The molecule has 2 aromatic heterocycles. The van der Waals surface area contributed by atoms with Crippen LogP contribution in [-0.4, -0.2) is 21.9 Å². The highest BCUT2D eigenvalue weighted by molar-refractivity contribution is 7.98. The quantitative estimate of drug-likeness (QED) is 0.442. The molecule has 0 unspecified atom stereocenters. The number of aromatic nitrogens is 3. The van der Waals surface area contributed by atoms with E-state index in [1.54, 1.807) is 31.6 Å². The van der Waals surface area contributed by atoms with Crippen molar-refractivity contribution < 1.29 is 13.5 Å².